The van der Waals surface area contributed by atoms with E-state index in [9.17, 15) is 22.4 Å². The molecule has 0 aliphatic carbocycles. The van der Waals surface area contributed by atoms with Gasteiger partial charge in [0.15, 0.2) is 5.69 Å². The van der Waals surface area contributed by atoms with Crippen LogP contribution in [0.2, 0.25) is 10.0 Å². The highest BCUT2D eigenvalue weighted by atomic mass is 35.5. The summed E-state index contributed by atoms with van der Waals surface area (Å²) in [6, 6.07) is 1.68. The van der Waals surface area contributed by atoms with E-state index in [1.807, 2.05) is 0 Å². The van der Waals surface area contributed by atoms with Gasteiger partial charge in [0.05, 0.1) is 23.1 Å². The minimum Gasteiger partial charge on any atom is -0.425 e. The van der Waals surface area contributed by atoms with E-state index in [1.54, 1.807) is 0 Å². The first-order chi connectivity index (χ1) is 11.6. The molecule has 0 fully saturated rings. The van der Waals surface area contributed by atoms with Crippen molar-refractivity contribution in [3.8, 4) is 17.0 Å². The second-order valence-corrected chi connectivity index (χ2v) is 5.63. The molecule has 0 saturated carbocycles. The Morgan fingerprint density at radius 2 is 2.00 bits per heavy atom. The third-order valence-electron chi connectivity index (χ3n) is 3.07. The number of alkyl halides is 3. The van der Waals surface area contributed by atoms with Crippen LogP contribution in [0.4, 0.5) is 17.6 Å². The molecule has 1 N–H and O–H groups in total. The van der Waals surface area contributed by atoms with Crippen LogP contribution in [-0.4, -0.2) is 27.5 Å². The summed E-state index contributed by atoms with van der Waals surface area (Å²) in [7, 11) is 1.01. The van der Waals surface area contributed by atoms with Gasteiger partial charge in [0.25, 0.3) is 0 Å². The maximum atomic E-state index is 14.2. The molecular weight excluding hydrogens is 391 g/mol. The van der Waals surface area contributed by atoms with Crippen LogP contribution in [0.15, 0.2) is 12.1 Å². The molecule has 2 aromatic rings. The molecule has 5 nitrogen and oxygen atoms in total. The smallest absolute Gasteiger partial charge is 0.425 e. The van der Waals surface area contributed by atoms with Crippen LogP contribution in [-0.2, 0) is 18.0 Å². The van der Waals surface area contributed by atoms with E-state index < -0.39 is 46.5 Å². The molecule has 0 unspecified atom stereocenters. The largest absolute Gasteiger partial charge is 0.434 e. The predicted octanol–water partition coefficient (Wildman–Crippen LogP) is 3.84. The van der Waals surface area contributed by atoms with Crippen LogP contribution >= 0.6 is 23.2 Å². The van der Waals surface area contributed by atoms with Crippen molar-refractivity contribution in [2.45, 2.75) is 12.6 Å². The van der Waals surface area contributed by atoms with E-state index in [-0.39, 0.29) is 17.2 Å². The summed E-state index contributed by atoms with van der Waals surface area (Å²) in [5.74, 6) is -2.16. The number of hydrogen-bond donors (Lipinski definition) is 1. The number of aryl methyl sites for hydroxylation is 1. The lowest BCUT2D eigenvalue weighted by Gasteiger charge is -2.09. The van der Waals surface area contributed by atoms with Crippen molar-refractivity contribution in [2.24, 2.45) is 7.05 Å². The summed E-state index contributed by atoms with van der Waals surface area (Å²) >= 11 is 11.5. The fourth-order valence-corrected chi connectivity index (χ4v) is 2.59. The molecular formula is C14H10Cl2F4N2O3. The van der Waals surface area contributed by atoms with Gasteiger partial charge in [-0.25, -0.2) is 4.39 Å². The first-order valence-electron chi connectivity index (χ1n) is 6.67. The number of halogens is 6. The second kappa shape index (κ2) is 7.19. The maximum absolute atomic E-state index is 14.2. The van der Waals surface area contributed by atoms with E-state index in [0.29, 0.717) is 4.68 Å². The van der Waals surface area contributed by atoms with E-state index in [2.05, 4.69) is 5.10 Å². The third kappa shape index (κ3) is 4.05. The van der Waals surface area contributed by atoms with Crippen molar-refractivity contribution in [1.29, 1.82) is 0 Å². The van der Waals surface area contributed by atoms with Crippen LogP contribution < -0.4 is 4.74 Å². The van der Waals surface area contributed by atoms with Crippen LogP contribution in [0.3, 0.4) is 0 Å². The van der Waals surface area contributed by atoms with Gasteiger partial charge in [0.1, 0.15) is 17.3 Å². The minimum atomic E-state index is -4.80. The van der Waals surface area contributed by atoms with Crippen LogP contribution in [0.25, 0.3) is 11.3 Å². The average Bonchev–Trinajstić information content (AvgIpc) is 2.76. The molecule has 1 aromatic heterocycles. The Hall–Kier alpha value is -1.84. The van der Waals surface area contributed by atoms with E-state index in [1.165, 1.54) is 0 Å². The molecule has 0 aliphatic heterocycles. The fraction of sp³-hybridized carbons (Fsp3) is 0.286. The molecule has 0 atom stereocenters. The zero-order chi connectivity index (χ0) is 18.9. The molecule has 0 bridgehead atoms. The molecule has 11 heteroatoms. The number of carbonyl (C=O) groups excluding carboxylic acids is 1. The van der Waals surface area contributed by atoms with Gasteiger partial charge >= 0.3 is 12.1 Å². The lowest BCUT2D eigenvalue weighted by molar-refractivity contribution is -0.143. The summed E-state index contributed by atoms with van der Waals surface area (Å²) in [5.41, 5.74) is -2.16. The van der Waals surface area contributed by atoms with Gasteiger partial charge in [-0.05, 0) is 12.1 Å². The molecule has 0 radical (unpaired) electrons. The SMILES string of the molecule is Cn1nc(-c2cc(OC(=O)CCO)c(Cl)cc2F)c(Cl)c1C(F)(F)F. The first kappa shape index (κ1) is 19.5. The number of rotatable bonds is 4. The molecule has 25 heavy (non-hydrogen) atoms. The number of aliphatic hydroxyl groups excluding tert-OH is 1. The number of esters is 1. The summed E-state index contributed by atoms with van der Waals surface area (Å²) in [5, 5.41) is 11.2. The lowest BCUT2D eigenvalue weighted by Crippen LogP contribution is -2.12. The number of ether oxygens (including phenoxy) is 1. The van der Waals surface area contributed by atoms with E-state index in [0.717, 1.165) is 19.2 Å². The Morgan fingerprint density at radius 3 is 2.52 bits per heavy atom. The number of aliphatic hydroxyl groups is 1. The number of carbonyl (C=O) groups is 1. The lowest BCUT2D eigenvalue weighted by atomic mass is 10.1. The van der Waals surface area contributed by atoms with Gasteiger partial charge in [-0.2, -0.15) is 18.3 Å². The summed E-state index contributed by atoms with van der Waals surface area (Å²) in [6.45, 7) is -0.481. The number of benzene rings is 1. The van der Waals surface area contributed by atoms with Crippen molar-refractivity contribution in [1.82, 2.24) is 9.78 Å². The van der Waals surface area contributed by atoms with Gasteiger partial charge in [-0.15, -0.1) is 0 Å². The monoisotopic (exact) mass is 400 g/mol. The molecule has 2 rings (SSSR count). The number of hydrogen-bond acceptors (Lipinski definition) is 4. The molecule has 0 amide bonds. The Labute approximate surface area is 148 Å². The summed E-state index contributed by atoms with van der Waals surface area (Å²) in [4.78, 5) is 11.4. The average molecular weight is 401 g/mol. The van der Waals surface area contributed by atoms with Gasteiger partial charge in [-0.3, -0.25) is 9.48 Å². The maximum Gasteiger partial charge on any atom is 0.434 e. The van der Waals surface area contributed by atoms with Crippen molar-refractivity contribution in [2.75, 3.05) is 6.61 Å². The number of aromatic nitrogens is 2. The first-order valence-corrected chi connectivity index (χ1v) is 7.42. The molecule has 1 aromatic carbocycles. The Morgan fingerprint density at radius 1 is 1.36 bits per heavy atom. The highest BCUT2D eigenvalue weighted by Gasteiger charge is 2.39. The van der Waals surface area contributed by atoms with Crippen LogP contribution in [0.5, 0.6) is 5.75 Å². The van der Waals surface area contributed by atoms with Gasteiger partial charge in [-0.1, -0.05) is 23.2 Å². The minimum absolute atomic E-state index is 0.282. The normalized spacial score (nSPS) is 11.7. The molecule has 1 heterocycles. The topological polar surface area (TPSA) is 64.4 Å². The highest BCUT2D eigenvalue weighted by Crippen LogP contribution is 2.41. The predicted molar refractivity (Wildman–Crippen MR) is 81.0 cm³/mol. The highest BCUT2D eigenvalue weighted by molar-refractivity contribution is 6.34. The standard InChI is InChI=1S/C14H10Cl2F4N2O3/c1-22-13(14(18,19)20)11(16)12(21-22)6-4-9(7(15)5-8(6)17)25-10(24)2-3-23/h4-5,23H,2-3H2,1H3. The molecule has 0 aliphatic rings. The Bertz CT molecular complexity index is 821. The summed E-state index contributed by atoms with van der Waals surface area (Å²) < 4.78 is 58.4. The van der Waals surface area contributed by atoms with E-state index in [4.69, 9.17) is 33.0 Å². The van der Waals surface area contributed by atoms with Gasteiger partial charge in [0, 0.05) is 12.6 Å². The van der Waals surface area contributed by atoms with E-state index >= 15 is 0 Å². The third-order valence-corrected chi connectivity index (χ3v) is 3.73. The van der Waals surface area contributed by atoms with Gasteiger partial charge < -0.3 is 9.84 Å². The second-order valence-electron chi connectivity index (χ2n) is 4.84. The summed E-state index contributed by atoms with van der Waals surface area (Å²) in [6.07, 6.45) is -5.14. The molecule has 136 valence electrons. The van der Waals surface area contributed by atoms with Gasteiger partial charge in [0.2, 0.25) is 0 Å². The Kier molecular flexibility index (Phi) is 5.60. The Balaban J connectivity index is 2.55. The quantitative estimate of drug-likeness (QED) is 0.481. The number of nitrogens with zero attached hydrogens (tertiary/aromatic N) is 2. The molecule has 0 spiro atoms. The van der Waals surface area contributed by atoms with Crippen LogP contribution in [0, 0.1) is 5.82 Å². The van der Waals surface area contributed by atoms with Crippen molar-refractivity contribution in [3.05, 3.63) is 33.7 Å². The zero-order valence-corrected chi connectivity index (χ0v) is 14.0. The van der Waals surface area contributed by atoms with Crippen LogP contribution in [0.1, 0.15) is 12.1 Å². The van der Waals surface area contributed by atoms with Crippen molar-refractivity contribution >= 4 is 29.2 Å². The molecule has 0 saturated heterocycles. The fourth-order valence-electron chi connectivity index (χ4n) is 2.03. The van der Waals surface area contributed by atoms with Crippen molar-refractivity contribution < 1.29 is 32.2 Å². The van der Waals surface area contributed by atoms with Crippen molar-refractivity contribution in [3.63, 3.8) is 0 Å². The zero-order valence-electron chi connectivity index (χ0n) is 12.5.